The van der Waals surface area contributed by atoms with E-state index in [1.807, 2.05) is 24.3 Å². The maximum Gasteiger partial charge on any atom is 0.132 e. The van der Waals surface area contributed by atoms with Gasteiger partial charge in [0, 0.05) is 11.1 Å². The lowest BCUT2D eigenvalue weighted by Crippen LogP contribution is -2.12. The SMILES string of the molecule is C#Cc1ccc(C(C)(C)C)c(Oc2ccc(CC)cc2)c1. The Morgan fingerprint density at radius 2 is 1.71 bits per heavy atom. The summed E-state index contributed by atoms with van der Waals surface area (Å²) in [5, 5.41) is 0. The molecule has 0 amide bonds. The average Bonchev–Trinajstić information content (AvgIpc) is 2.46. The quantitative estimate of drug-likeness (QED) is 0.690. The number of ether oxygens (including phenoxy) is 1. The van der Waals surface area contributed by atoms with Crippen LogP contribution in [0.2, 0.25) is 0 Å². The highest BCUT2D eigenvalue weighted by molar-refractivity contribution is 5.48. The van der Waals surface area contributed by atoms with Crippen LogP contribution in [0.1, 0.15) is 44.4 Å². The third-order valence-corrected chi connectivity index (χ3v) is 3.52. The molecule has 2 aromatic carbocycles. The van der Waals surface area contributed by atoms with E-state index in [9.17, 15) is 0 Å². The van der Waals surface area contributed by atoms with Crippen molar-refractivity contribution in [3.63, 3.8) is 0 Å². The van der Waals surface area contributed by atoms with Gasteiger partial charge in [0.25, 0.3) is 0 Å². The Hall–Kier alpha value is -2.20. The number of rotatable bonds is 3. The van der Waals surface area contributed by atoms with Gasteiger partial charge >= 0.3 is 0 Å². The second kappa shape index (κ2) is 6.06. The van der Waals surface area contributed by atoms with Crippen molar-refractivity contribution in [3.8, 4) is 23.8 Å². The Morgan fingerprint density at radius 1 is 1.05 bits per heavy atom. The predicted octanol–water partition coefficient (Wildman–Crippen LogP) is 5.32. The molecule has 0 saturated heterocycles. The van der Waals surface area contributed by atoms with Crippen molar-refractivity contribution in [2.45, 2.75) is 39.5 Å². The minimum atomic E-state index is 0.00577. The van der Waals surface area contributed by atoms with Crippen molar-refractivity contribution in [2.75, 3.05) is 0 Å². The second-order valence-electron chi connectivity index (χ2n) is 6.20. The van der Waals surface area contributed by atoms with E-state index in [2.05, 4.69) is 51.8 Å². The fourth-order valence-corrected chi connectivity index (χ4v) is 2.24. The lowest BCUT2D eigenvalue weighted by atomic mass is 9.86. The summed E-state index contributed by atoms with van der Waals surface area (Å²) in [5.41, 5.74) is 3.30. The molecule has 0 heterocycles. The van der Waals surface area contributed by atoms with Gasteiger partial charge in [0.2, 0.25) is 0 Å². The van der Waals surface area contributed by atoms with Gasteiger partial charge in [-0.15, -0.1) is 6.42 Å². The Balaban J connectivity index is 2.39. The molecule has 0 saturated carbocycles. The first-order chi connectivity index (χ1) is 9.94. The zero-order valence-corrected chi connectivity index (χ0v) is 13.2. The van der Waals surface area contributed by atoms with Crippen LogP contribution in [-0.2, 0) is 11.8 Å². The van der Waals surface area contributed by atoms with E-state index < -0.39 is 0 Å². The Kier molecular flexibility index (Phi) is 4.38. The van der Waals surface area contributed by atoms with Gasteiger partial charge in [-0.25, -0.2) is 0 Å². The van der Waals surface area contributed by atoms with Gasteiger partial charge in [0.15, 0.2) is 0 Å². The molecular weight excluding hydrogens is 256 g/mol. The zero-order chi connectivity index (χ0) is 15.5. The van der Waals surface area contributed by atoms with Crippen molar-refractivity contribution in [2.24, 2.45) is 0 Å². The van der Waals surface area contributed by atoms with Crippen LogP contribution in [-0.4, -0.2) is 0 Å². The molecule has 0 aliphatic heterocycles. The summed E-state index contributed by atoms with van der Waals surface area (Å²) in [7, 11) is 0. The van der Waals surface area contributed by atoms with E-state index in [0.717, 1.165) is 29.0 Å². The standard InChI is InChI=1S/C20H22O/c1-6-15-8-11-17(12-9-15)21-19-14-16(7-2)10-13-18(19)20(3,4)5/h2,8-14H,6H2,1,3-5H3. The maximum atomic E-state index is 6.08. The van der Waals surface area contributed by atoms with Crippen molar-refractivity contribution >= 4 is 0 Å². The van der Waals surface area contributed by atoms with Crippen molar-refractivity contribution in [3.05, 3.63) is 59.2 Å². The third-order valence-electron chi connectivity index (χ3n) is 3.52. The maximum absolute atomic E-state index is 6.08. The largest absolute Gasteiger partial charge is 0.457 e. The molecular formula is C20H22O. The van der Waals surface area contributed by atoms with E-state index >= 15 is 0 Å². The summed E-state index contributed by atoms with van der Waals surface area (Å²) in [6.45, 7) is 8.66. The smallest absolute Gasteiger partial charge is 0.132 e. The lowest BCUT2D eigenvalue weighted by Gasteiger charge is -2.23. The molecule has 0 aliphatic rings. The normalized spacial score (nSPS) is 11.0. The van der Waals surface area contributed by atoms with Gasteiger partial charge < -0.3 is 4.74 Å². The van der Waals surface area contributed by atoms with E-state index in [-0.39, 0.29) is 5.41 Å². The van der Waals surface area contributed by atoms with Gasteiger partial charge in [0.05, 0.1) is 0 Å². The number of benzene rings is 2. The van der Waals surface area contributed by atoms with Gasteiger partial charge in [-0.3, -0.25) is 0 Å². The molecule has 21 heavy (non-hydrogen) atoms. The Bertz CT molecular complexity index is 652. The monoisotopic (exact) mass is 278 g/mol. The highest BCUT2D eigenvalue weighted by atomic mass is 16.5. The summed E-state index contributed by atoms with van der Waals surface area (Å²) < 4.78 is 6.08. The molecule has 0 N–H and O–H groups in total. The predicted molar refractivity (Wildman–Crippen MR) is 89.0 cm³/mol. The van der Waals surface area contributed by atoms with Crippen LogP contribution in [0, 0.1) is 12.3 Å². The summed E-state index contributed by atoms with van der Waals surface area (Å²) in [6, 6.07) is 14.2. The summed E-state index contributed by atoms with van der Waals surface area (Å²) in [5.74, 6) is 4.35. The van der Waals surface area contributed by atoms with Gasteiger partial charge in [-0.2, -0.15) is 0 Å². The molecule has 1 nitrogen and oxygen atoms in total. The molecule has 0 radical (unpaired) electrons. The van der Waals surface area contributed by atoms with Gasteiger partial charge in [0.1, 0.15) is 11.5 Å². The van der Waals surface area contributed by atoms with Crippen LogP contribution < -0.4 is 4.74 Å². The number of aryl methyl sites for hydroxylation is 1. The Labute approximate surface area is 128 Å². The summed E-state index contributed by atoms with van der Waals surface area (Å²) >= 11 is 0. The molecule has 0 atom stereocenters. The molecule has 0 unspecified atom stereocenters. The fourth-order valence-electron chi connectivity index (χ4n) is 2.24. The molecule has 1 heteroatoms. The highest BCUT2D eigenvalue weighted by Gasteiger charge is 2.19. The van der Waals surface area contributed by atoms with Crippen molar-refractivity contribution < 1.29 is 4.74 Å². The first-order valence-corrected chi connectivity index (χ1v) is 7.32. The van der Waals surface area contributed by atoms with Crippen molar-refractivity contribution in [1.82, 2.24) is 0 Å². The minimum Gasteiger partial charge on any atom is -0.457 e. The van der Waals surface area contributed by atoms with Crippen LogP contribution in [0.4, 0.5) is 0 Å². The summed E-state index contributed by atoms with van der Waals surface area (Å²) in [4.78, 5) is 0. The first-order valence-electron chi connectivity index (χ1n) is 7.32. The van der Waals surface area contributed by atoms with E-state index in [4.69, 9.17) is 11.2 Å². The van der Waals surface area contributed by atoms with Crippen LogP contribution in [0.25, 0.3) is 0 Å². The molecule has 0 bridgehead atoms. The van der Waals surface area contributed by atoms with Crippen LogP contribution >= 0.6 is 0 Å². The number of hydrogen-bond donors (Lipinski definition) is 0. The molecule has 0 fully saturated rings. The second-order valence-corrected chi connectivity index (χ2v) is 6.20. The van der Waals surface area contributed by atoms with Crippen molar-refractivity contribution in [1.29, 1.82) is 0 Å². The van der Waals surface area contributed by atoms with E-state index in [1.54, 1.807) is 0 Å². The van der Waals surface area contributed by atoms with Gasteiger partial charge in [-0.05, 0) is 41.7 Å². The molecule has 2 aromatic rings. The van der Waals surface area contributed by atoms with Crippen LogP contribution in [0.15, 0.2) is 42.5 Å². The molecule has 2 rings (SSSR count). The third kappa shape index (κ3) is 3.67. The zero-order valence-electron chi connectivity index (χ0n) is 13.2. The van der Waals surface area contributed by atoms with E-state index in [0.29, 0.717) is 0 Å². The number of terminal acetylenes is 1. The first kappa shape index (κ1) is 15.2. The van der Waals surface area contributed by atoms with Crippen LogP contribution in [0.3, 0.4) is 0 Å². The Morgan fingerprint density at radius 3 is 2.24 bits per heavy atom. The fraction of sp³-hybridized carbons (Fsp3) is 0.300. The van der Waals surface area contributed by atoms with E-state index in [1.165, 1.54) is 5.56 Å². The average molecular weight is 278 g/mol. The van der Waals surface area contributed by atoms with Crippen LogP contribution in [0.5, 0.6) is 11.5 Å². The molecule has 0 spiro atoms. The molecule has 108 valence electrons. The van der Waals surface area contributed by atoms with Gasteiger partial charge in [-0.1, -0.05) is 51.8 Å². The highest BCUT2D eigenvalue weighted by Crippen LogP contribution is 2.34. The molecule has 0 aromatic heterocycles. The minimum absolute atomic E-state index is 0.00577. The summed E-state index contributed by atoms with van der Waals surface area (Å²) in [6.07, 6.45) is 6.53. The topological polar surface area (TPSA) is 9.23 Å². The molecule has 0 aliphatic carbocycles. The lowest BCUT2D eigenvalue weighted by molar-refractivity contribution is 0.455. The number of hydrogen-bond acceptors (Lipinski definition) is 1.